The summed E-state index contributed by atoms with van der Waals surface area (Å²) in [6, 6.07) is 7.36. The van der Waals surface area contributed by atoms with E-state index in [1.807, 2.05) is 25.1 Å². The third kappa shape index (κ3) is 3.58. The number of nitrogens with zero attached hydrogens (tertiary/aromatic N) is 2. The van der Waals surface area contributed by atoms with Crippen LogP contribution in [0.15, 0.2) is 41.5 Å². The predicted octanol–water partition coefficient (Wildman–Crippen LogP) is 1.60. The van der Waals surface area contributed by atoms with Gasteiger partial charge in [-0.05, 0) is 31.0 Å². The van der Waals surface area contributed by atoms with E-state index in [-0.39, 0.29) is 5.69 Å². The average Bonchev–Trinajstić information content (AvgIpc) is 2.40. The summed E-state index contributed by atoms with van der Waals surface area (Å²) in [4.78, 5) is 15.3. The first-order chi connectivity index (χ1) is 9.16. The van der Waals surface area contributed by atoms with Crippen LogP contribution in [0.4, 0.5) is 5.69 Å². The van der Waals surface area contributed by atoms with Gasteiger partial charge in [-0.25, -0.2) is 9.78 Å². The average molecular weight is 259 g/mol. The molecule has 0 radical (unpaired) electrons. The van der Waals surface area contributed by atoms with Gasteiger partial charge in [0.05, 0.1) is 12.3 Å². The maximum atomic E-state index is 11.5. The summed E-state index contributed by atoms with van der Waals surface area (Å²) in [5.74, 6) is 0.678. The van der Waals surface area contributed by atoms with Crippen LogP contribution in [0, 0.1) is 6.92 Å². The Hall–Kier alpha value is -2.30. The summed E-state index contributed by atoms with van der Waals surface area (Å²) in [6.07, 6.45) is 4.09. The van der Waals surface area contributed by atoms with E-state index < -0.39 is 0 Å². The van der Waals surface area contributed by atoms with Crippen LogP contribution in [0.2, 0.25) is 0 Å². The van der Waals surface area contributed by atoms with Crippen LogP contribution in [-0.2, 0) is 6.54 Å². The molecule has 0 aliphatic rings. The predicted molar refractivity (Wildman–Crippen MR) is 74.2 cm³/mol. The van der Waals surface area contributed by atoms with Crippen molar-refractivity contribution in [2.45, 2.75) is 19.9 Å². The van der Waals surface area contributed by atoms with E-state index in [1.165, 1.54) is 0 Å². The van der Waals surface area contributed by atoms with E-state index in [0.717, 1.165) is 12.0 Å². The van der Waals surface area contributed by atoms with Gasteiger partial charge < -0.3 is 10.5 Å². The smallest absolute Gasteiger partial charge is 0.347 e. The highest BCUT2D eigenvalue weighted by Crippen LogP contribution is 2.19. The number of para-hydroxylation sites is 2. The zero-order valence-electron chi connectivity index (χ0n) is 10.9. The number of aromatic nitrogens is 2. The van der Waals surface area contributed by atoms with Gasteiger partial charge in [-0.1, -0.05) is 12.1 Å². The molecule has 1 heterocycles. The van der Waals surface area contributed by atoms with Gasteiger partial charge in [0.25, 0.3) is 0 Å². The van der Waals surface area contributed by atoms with Crippen molar-refractivity contribution in [1.82, 2.24) is 9.55 Å². The van der Waals surface area contributed by atoms with Crippen molar-refractivity contribution in [3.63, 3.8) is 0 Å². The lowest BCUT2D eigenvalue weighted by molar-refractivity contribution is 0.302. The number of benzene rings is 1. The summed E-state index contributed by atoms with van der Waals surface area (Å²) in [7, 11) is 0. The fourth-order valence-electron chi connectivity index (χ4n) is 1.75. The fourth-order valence-corrected chi connectivity index (χ4v) is 1.75. The number of nitrogen functional groups attached to an aromatic ring is 1. The summed E-state index contributed by atoms with van der Waals surface area (Å²) >= 11 is 0. The monoisotopic (exact) mass is 259 g/mol. The van der Waals surface area contributed by atoms with Crippen LogP contribution in [0.5, 0.6) is 5.75 Å². The van der Waals surface area contributed by atoms with Gasteiger partial charge in [0.1, 0.15) is 5.75 Å². The van der Waals surface area contributed by atoms with Gasteiger partial charge >= 0.3 is 5.69 Å². The molecule has 0 amide bonds. The SMILES string of the molecule is Cc1cnc(=O)n(CCCOc2ccccc2N)c1. The van der Waals surface area contributed by atoms with E-state index in [1.54, 1.807) is 23.0 Å². The second kappa shape index (κ2) is 6.04. The normalized spacial score (nSPS) is 10.4. The largest absolute Gasteiger partial charge is 0.491 e. The number of nitrogens with two attached hydrogens (primary N) is 1. The third-order valence-electron chi connectivity index (χ3n) is 2.70. The first-order valence-corrected chi connectivity index (χ1v) is 6.17. The van der Waals surface area contributed by atoms with Crippen LogP contribution in [0.3, 0.4) is 0 Å². The summed E-state index contributed by atoms with van der Waals surface area (Å²) in [5, 5.41) is 0. The molecule has 2 N–H and O–H groups in total. The van der Waals surface area contributed by atoms with Gasteiger partial charge in [0, 0.05) is 18.9 Å². The number of ether oxygens (including phenoxy) is 1. The van der Waals surface area contributed by atoms with E-state index in [4.69, 9.17) is 10.5 Å². The molecule has 0 fully saturated rings. The van der Waals surface area contributed by atoms with Crippen molar-refractivity contribution in [2.24, 2.45) is 0 Å². The molecule has 0 unspecified atom stereocenters. The molecule has 0 aliphatic carbocycles. The molecule has 0 saturated carbocycles. The van der Waals surface area contributed by atoms with Crippen molar-refractivity contribution in [3.05, 3.63) is 52.7 Å². The summed E-state index contributed by atoms with van der Waals surface area (Å²) in [5.41, 5.74) is 7.12. The molecule has 0 spiro atoms. The lowest BCUT2D eigenvalue weighted by Crippen LogP contribution is -2.23. The van der Waals surface area contributed by atoms with E-state index in [2.05, 4.69) is 4.98 Å². The zero-order chi connectivity index (χ0) is 13.7. The Labute approximate surface area is 111 Å². The molecule has 0 bridgehead atoms. The highest BCUT2D eigenvalue weighted by Gasteiger charge is 2.00. The molecule has 2 rings (SSSR count). The molecule has 0 saturated heterocycles. The minimum absolute atomic E-state index is 0.232. The molecule has 100 valence electrons. The Balaban J connectivity index is 1.86. The van der Waals surface area contributed by atoms with Gasteiger partial charge in [-0.3, -0.25) is 4.57 Å². The lowest BCUT2D eigenvalue weighted by atomic mass is 10.3. The van der Waals surface area contributed by atoms with Crippen LogP contribution >= 0.6 is 0 Å². The third-order valence-corrected chi connectivity index (χ3v) is 2.70. The van der Waals surface area contributed by atoms with Crippen molar-refractivity contribution < 1.29 is 4.74 Å². The minimum atomic E-state index is -0.232. The highest BCUT2D eigenvalue weighted by atomic mass is 16.5. The molecule has 5 nitrogen and oxygen atoms in total. The fraction of sp³-hybridized carbons (Fsp3) is 0.286. The van der Waals surface area contributed by atoms with E-state index in [0.29, 0.717) is 24.6 Å². The molecule has 0 aliphatic heterocycles. The van der Waals surface area contributed by atoms with Gasteiger partial charge in [0.2, 0.25) is 0 Å². The molecular weight excluding hydrogens is 242 g/mol. The van der Waals surface area contributed by atoms with Crippen molar-refractivity contribution in [2.75, 3.05) is 12.3 Å². The number of hydrogen-bond acceptors (Lipinski definition) is 4. The summed E-state index contributed by atoms with van der Waals surface area (Å²) in [6.45, 7) is 3.00. The van der Waals surface area contributed by atoms with Crippen molar-refractivity contribution in [3.8, 4) is 5.75 Å². The van der Waals surface area contributed by atoms with Crippen LogP contribution in [-0.4, -0.2) is 16.2 Å². The highest BCUT2D eigenvalue weighted by molar-refractivity contribution is 5.51. The Morgan fingerprint density at radius 1 is 1.37 bits per heavy atom. The number of hydrogen-bond donors (Lipinski definition) is 1. The van der Waals surface area contributed by atoms with Gasteiger partial charge in [-0.15, -0.1) is 0 Å². The Morgan fingerprint density at radius 2 is 2.16 bits per heavy atom. The second-order valence-corrected chi connectivity index (χ2v) is 4.35. The first-order valence-electron chi connectivity index (χ1n) is 6.17. The van der Waals surface area contributed by atoms with E-state index in [9.17, 15) is 4.79 Å². The minimum Gasteiger partial charge on any atom is -0.491 e. The van der Waals surface area contributed by atoms with Crippen LogP contribution in [0.25, 0.3) is 0 Å². The molecular formula is C14H17N3O2. The van der Waals surface area contributed by atoms with Crippen LogP contribution in [0.1, 0.15) is 12.0 Å². The number of anilines is 1. The maximum Gasteiger partial charge on any atom is 0.347 e. The molecule has 2 aromatic rings. The molecule has 5 heteroatoms. The molecule has 1 aromatic carbocycles. The second-order valence-electron chi connectivity index (χ2n) is 4.35. The van der Waals surface area contributed by atoms with Gasteiger partial charge in [-0.2, -0.15) is 0 Å². The molecule has 19 heavy (non-hydrogen) atoms. The Bertz CT molecular complexity index is 608. The van der Waals surface area contributed by atoms with E-state index >= 15 is 0 Å². The van der Waals surface area contributed by atoms with Crippen LogP contribution < -0.4 is 16.2 Å². The Morgan fingerprint density at radius 3 is 2.95 bits per heavy atom. The lowest BCUT2D eigenvalue weighted by Gasteiger charge is -2.09. The number of aryl methyl sites for hydroxylation is 2. The first kappa shape index (κ1) is 13.1. The topological polar surface area (TPSA) is 70.1 Å². The zero-order valence-corrected chi connectivity index (χ0v) is 10.9. The van der Waals surface area contributed by atoms with Crippen molar-refractivity contribution in [1.29, 1.82) is 0 Å². The standard InChI is InChI=1S/C14H17N3O2/c1-11-9-16-14(18)17(10-11)7-4-8-19-13-6-3-2-5-12(13)15/h2-3,5-6,9-10H,4,7-8,15H2,1H3. The number of rotatable bonds is 5. The maximum absolute atomic E-state index is 11.5. The van der Waals surface area contributed by atoms with Crippen molar-refractivity contribution >= 4 is 5.69 Å². The molecule has 0 atom stereocenters. The molecule has 1 aromatic heterocycles. The summed E-state index contributed by atoms with van der Waals surface area (Å²) < 4.78 is 7.16. The quantitative estimate of drug-likeness (QED) is 0.654. The van der Waals surface area contributed by atoms with Gasteiger partial charge in [0.15, 0.2) is 0 Å². The Kier molecular flexibility index (Phi) is 4.18.